The Morgan fingerprint density at radius 2 is 2.10 bits per heavy atom. The Balaban J connectivity index is 2.25. The average molecular weight is 298 g/mol. The van der Waals surface area contributed by atoms with Crippen LogP contribution in [-0.4, -0.2) is 55.5 Å². The lowest BCUT2D eigenvalue weighted by Gasteiger charge is -2.38. The Bertz CT molecular complexity index is 559. The van der Waals surface area contributed by atoms with Gasteiger partial charge in [-0.1, -0.05) is 19.1 Å². The summed E-state index contributed by atoms with van der Waals surface area (Å²) in [6, 6.07) is 6.80. The molecule has 0 spiro atoms. The van der Waals surface area contributed by atoms with Gasteiger partial charge in [-0.25, -0.2) is 8.42 Å². The molecule has 0 saturated carbocycles. The van der Waals surface area contributed by atoms with Crippen molar-refractivity contribution in [3.05, 3.63) is 29.8 Å². The maximum Gasteiger partial charge on any atom is 0.243 e. The summed E-state index contributed by atoms with van der Waals surface area (Å²) in [6.07, 6.45) is 0.930. The second-order valence-electron chi connectivity index (χ2n) is 5.21. The minimum atomic E-state index is -3.47. The van der Waals surface area contributed by atoms with Gasteiger partial charge in [0.2, 0.25) is 10.0 Å². The van der Waals surface area contributed by atoms with Crippen molar-refractivity contribution < 1.29 is 13.5 Å². The lowest BCUT2D eigenvalue weighted by Crippen LogP contribution is -2.52. The van der Waals surface area contributed by atoms with E-state index < -0.39 is 10.0 Å². The molecule has 1 N–H and O–H groups in total. The van der Waals surface area contributed by atoms with Crippen LogP contribution in [0.25, 0.3) is 0 Å². The molecule has 1 aromatic rings. The van der Waals surface area contributed by atoms with Gasteiger partial charge in [0.15, 0.2) is 0 Å². The minimum Gasteiger partial charge on any atom is -0.392 e. The molecule has 2 rings (SSSR count). The van der Waals surface area contributed by atoms with Crippen LogP contribution in [0.3, 0.4) is 0 Å². The molecule has 20 heavy (non-hydrogen) atoms. The Hall–Kier alpha value is -0.950. The number of likely N-dealkylation sites (N-methyl/N-ethyl adjacent to an activating group) is 1. The molecule has 5 nitrogen and oxygen atoms in total. The van der Waals surface area contributed by atoms with Crippen molar-refractivity contribution in [3.8, 4) is 0 Å². The summed E-state index contributed by atoms with van der Waals surface area (Å²) in [5.74, 6) is 0. The number of hydrogen-bond donors (Lipinski definition) is 1. The highest BCUT2D eigenvalue weighted by Crippen LogP contribution is 2.21. The maximum atomic E-state index is 12.6. The molecule has 6 heteroatoms. The maximum absolute atomic E-state index is 12.6. The molecule has 0 radical (unpaired) electrons. The van der Waals surface area contributed by atoms with E-state index in [2.05, 4.69) is 11.8 Å². The molecule has 0 aliphatic carbocycles. The number of aliphatic hydroxyl groups excluding tert-OH is 1. The first-order valence-corrected chi connectivity index (χ1v) is 8.33. The summed E-state index contributed by atoms with van der Waals surface area (Å²) in [7, 11) is -1.43. The second kappa shape index (κ2) is 6.22. The van der Waals surface area contributed by atoms with Gasteiger partial charge < -0.3 is 10.0 Å². The smallest absolute Gasteiger partial charge is 0.243 e. The van der Waals surface area contributed by atoms with E-state index in [9.17, 15) is 8.42 Å². The number of nitrogens with zero attached hydrogens (tertiary/aromatic N) is 2. The van der Waals surface area contributed by atoms with Crippen LogP contribution < -0.4 is 0 Å². The minimum absolute atomic E-state index is 0.149. The van der Waals surface area contributed by atoms with E-state index in [0.29, 0.717) is 18.7 Å². The van der Waals surface area contributed by atoms with E-state index in [4.69, 9.17) is 5.11 Å². The SMILES string of the molecule is CCC1CN(S(=O)(=O)c2cccc(CO)c2)CCN1C. The van der Waals surface area contributed by atoms with Crippen molar-refractivity contribution in [2.24, 2.45) is 0 Å². The normalized spacial score (nSPS) is 22.1. The van der Waals surface area contributed by atoms with Gasteiger partial charge in [0.25, 0.3) is 0 Å². The van der Waals surface area contributed by atoms with Crippen molar-refractivity contribution in [1.29, 1.82) is 0 Å². The molecule has 1 unspecified atom stereocenters. The second-order valence-corrected chi connectivity index (χ2v) is 7.15. The first-order valence-electron chi connectivity index (χ1n) is 6.89. The van der Waals surface area contributed by atoms with Crippen LogP contribution in [-0.2, 0) is 16.6 Å². The molecule has 1 aliphatic rings. The van der Waals surface area contributed by atoms with Crippen LogP contribution in [0, 0.1) is 0 Å². The molecular weight excluding hydrogens is 276 g/mol. The highest BCUT2D eigenvalue weighted by atomic mass is 32.2. The molecule has 0 aromatic heterocycles. The summed E-state index contributed by atoms with van der Waals surface area (Å²) in [5.41, 5.74) is 0.618. The van der Waals surface area contributed by atoms with Crippen LogP contribution in [0.5, 0.6) is 0 Å². The van der Waals surface area contributed by atoms with Crippen molar-refractivity contribution in [2.45, 2.75) is 30.9 Å². The van der Waals surface area contributed by atoms with E-state index in [0.717, 1.165) is 13.0 Å². The van der Waals surface area contributed by atoms with Gasteiger partial charge >= 0.3 is 0 Å². The largest absolute Gasteiger partial charge is 0.392 e. The molecule has 1 aromatic carbocycles. The van der Waals surface area contributed by atoms with E-state index in [1.165, 1.54) is 0 Å². The third-order valence-corrected chi connectivity index (χ3v) is 5.79. The first-order chi connectivity index (χ1) is 9.48. The number of piperazine rings is 1. The first kappa shape index (κ1) is 15.4. The van der Waals surface area contributed by atoms with Crippen LogP contribution in [0.4, 0.5) is 0 Å². The highest BCUT2D eigenvalue weighted by molar-refractivity contribution is 7.89. The van der Waals surface area contributed by atoms with E-state index >= 15 is 0 Å². The van der Waals surface area contributed by atoms with Gasteiger partial charge in [-0.2, -0.15) is 4.31 Å². The van der Waals surface area contributed by atoms with Crippen LogP contribution in [0.15, 0.2) is 29.2 Å². The molecular formula is C14H22N2O3S. The Labute approximate surface area is 120 Å². The van der Waals surface area contributed by atoms with Gasteiger partial charge in [0, 0.05) is 25.7 Å². The van der Waals surface area contributed by atoms with E-state index in [-0.39, 0.29) is 17.5 Å². The van der Waals surface area contributed by atoms with Crippen LogP contribution in [0.1, 0.15) is 18.9 Å². The van der Waals surface area contributed by atoms with Gasteiger partial charge in [0.1, 0.15) is 0 Å². The number of rotatable bonds is 4. The number of benzene rings is 1. The third-order valence-electron chi connectivity index (χ3n) is 3.93. The zero-order chi connectivity index (χ0) is 14.8. The Kier molecular flexibility index (Phi) is 4.80. The fourth-order valence-corrected chi connectivity index (χ4v) is 4.07. The van der Waals surface area contributed by atoms with Crippen molar-refractivity contribution in [1.82, 2.24) is 9.21 Å². The topological polar surface area (TPSA) is 60.9 Å². The summed E-state index contributed by atoms with van der Waals surface area (Å²) in [6.45, 7) is 3.71. The Morgan fingerprint density at radius 3 is 2.75 bits per heavy atom. The lowest BCUT2D eigenvalue weighted by molar-refractivity contribution is 0.144. The molecule has 1 fully saturated rings. The molecule has 1 saturated heterocycles. The zero-order valence-electron chi connectivity index (χ0n) is 12.0. The number of aliphatic hydroxyl groups is 1. The lowest BCUT2D eigenvalue weighted by atomic mass is 10.1. The van der Waals surface area contributed by atoms with Crippen molar-refractivity contribution in [2.75, 3.05) is 26.7 Å². The third kappa shape index (κ3) is 3.03. The summed E-state index contributed by atoms with van der Waals surface area (Å²) < 4.78 is 26.9. The van der Waals surface area contributed by atoms with Gasteiger partial charge in [-0.05, 0) is 31.2 Å². The molecule has 1 aliphatic heterocycles. The van der Waals surface area contributed by atoms with Crippen molar-refractivity contribution in [3.63, 3.8) is 0 Å². The molecule has 0 bridgehead atoms. The average Bonchev–Trinajstić information content (AvgIpc) is 2.47. The summed E-state index contributed by atoms with van der Waals surface area (Å²) in [4.78, 5) is 2.47. The Morgan fingerprint density at radius 1 is 1.35 bits per heavy atom. The highest BCUT2D eigenvalue weighted by Gasteiger charge is 2.31. The van der Waals surface area contributed by atoms with Crippen LogP contribution in [0.2, 0.25) is 0 Å². The predicted molar refractivity (Wildman–Crippen MR) is 77.8 cm³/mol. The monoisotopic (exact) mass is 298 g/mol. The molecule has 1 heterocycles. The van der Waals surface area contributed by atoms with E-state index in [1.54, 1.807) is 28.6 Å². The standard InChI is InChI=1S/C14H22N2O3S/c1-3-13-10-16(8-7-15(13)2)20(18,19)14-6-4-5-12(9-14)11-17/h4-6,9,13,17H,3,7-8,10-11H2,1-2H3. The number of hydrogen-bond acceptors (Lipinski definition) is 4. The van der Waals surface area contributed by atoms with Gasteiger partial charge in [-0.3, -0.25) is 0 Å². The summed E-state index contributed by atoms with van der Waals surface area (Å²) >= 11 is 0. The summed E-state index contributed by atoms with van der Waals surface area (Å²) in [5, 5.41) is 9.14. The number of sulfonamides is 1. The fourth-order valence-electron chi connectivity index (χ4n) is 2.53. The van der Waals surface area contributed by atoms with Crippen molar-refractivity contribution >= 4 is 10.0 Å². The van der Waals surface area contributed by atoms with Gasteiger partial charge in [-0.15, -0.1) is 0 Å². The van der Waals surface area contributed by atoms with Gasteiger partial charge in [0.05, 0.1) is 11.5 Å². The fraction of sp³-hybridized carbons (Fsp3) is 0.571. The molecule has 0 amide bonds. The zero-order valence-corrected chi connectivity index (χ0v) is 12.8. The van der Waals surface area contributed by atoms with Crippen LogP contribution >= 0.6 is 0 Å². The quantitative estimate of drug-likeness (QED) is 0.897. The van der Waals surface area contributed by atoms with E-state index in [1.807, 2.05) is 7.05 Å². The molecule has 112 valence electrons. The molecule has 1 atom stereocenters. The predicted octanol–water partition coefficient (Wildman–Crippen LogP) is 0.894.